The second kappa shape index (κ2) is 8.98. The number of hydrogen-bond donors (Lipinski definition) is 4. The fourth-order valence-corrected chi connectivity index (χ4v) is 2.52. The fraction of sp³-hybridized carbons (Fsp3) is 0.250. The van der Waals surface area contributed by atoms with Crippen LogP contribution in [-0.2, 0) is 4.79 Å². The molecular formula is C20H21FN4O3. The van der Waals surface area contributed by atoms with Gasteiger partial charge in [0.1, 0.15) is 5.82 Å². The molecule has 0 atom stereocenters. The molecule has 1 saturated carbocycles. The highest BCUT2D eigenvalue weighted by molar-refractivity contribution is 6.00. The Morgan fingerprint density at radius 3 is 2.25 bits per heavy atom. The Labute approximate surface area is 161 Å². The van der Waals surface area contributed by atoms with Crippen LogP contribution < -0.4 is 21.3 Å². The van der Waals surface area contributed by atoms with Gasteiger partial charge in [-0.2, -0.15) is 0 Å². The van der Waals surface area contributed by atoms with Crippen molar-refractivity contribution in [3.63, 3.8) is 0 Å². The Hall–Kier alpha value is -3.42. The van der Waals surface area contributed by atoms with Crippen molar-refractivity contribution < 1.29 is 18.8 Å². The van der Waals surface area contributed by atoms with Gasteiger partial charge in [0, 0.05) is 35.9 Å². The van der Waals surface area contributed by atoms with Gasteiger partial charge in [-0.15, -0.1) is 0 Å². The second-order valence-corrected chi connectivity index (χ2v) is 6.49. The normalized spacial score (nSPS) is 12.8. The predicted octanol–water partition coefficient (Wildman–Crippen LogP) is 2.73. The fourth-order valence-electron chi connectivity index (χ4n) is 2.52. The molecule has 0 unspecified atom stereocenters. The molecule has 4 amide bonds. The maximum atomic E-state index is 13.1. The van der Waals surface area contributed by atoms with E-state index in [1.165, 1.54) is 18.2 Å². The van der Waals surface area contributed by atoms with Crippen LogP contribution in [0.25, 0.3) is 0 Å². The van der Waals surface area contributed by atoms with Crippen molar-refractivity contribution in [2.75, 3.05) is 23.7 Å². The summed E-state index contributed by atoms with van der Waals surface area (Å²) in [6, 6.07) is 11.4. The van der Waals surface area contributed by atoms with Crippen molar-refractivity contribution >= 4 is 29.2 Å². The Balaban J connectivity index is 1.42. The minimum Gasteiger partial charge on any atom is -0.354 e. The Kier molecular flexibility index (Phi) is 6.21. The average Bonchev–Trinajstić information content (AvgIpc) is 3.50. The van der Waals surface area contributed by atoms with Crippen LogP contribution in [0.2, 0.25) is 0 Å². The quantitative estimate of drug-likeness (QED) is 0.552. The molecule has 0 radical (unpaired) electrons. The standard InChI is InChI=1S/C20H21FN4O3/c21-15-2-1-3-17(12-15)25-20(28)24-16-8-6-14(7-9-16)19(27)23-11-10-22-18(26)13-4-5-13/h1-3,6-9,12-13H,4-5,10-11H2,(H,22,26)(H,23,27)(H2,24,25,28). The van der Waals surface area contributed by atoms with Gasteiger partial charge in [-0.3, -0.25) is 9.59 Å². The van der Waals surface area contributed by atoms with E-state index in [9.17, 15) is 18.8 Å². The molecule has 1 fully saturated rings. The van der Waals surface area contributed by atoms with Crippen molar-refractivity contribution in [3.8, 4) is 0 Å². The van der Waals surface area contributed by atoms with Crippen molar-refractivity contribution in [2.24, 2.45) is 5.92 Å². The molecule has 2 aromatic carbocycles. The van der Waals surface area contributed by atoms with Crippen molar-refractivity contribution in [2.45, 2.75) is 12.8 Å². The molecule has 0 saturated heterocycles. The van der Waals surface area contributed by atoms with Gasteiger partial charge < -0.3 is 21.3 Å². The van der Waals surface area contributed by atoms with Crippen molar-refractivity contribution in [3.05, 3.63) is 59.9 Å². The Morgan fingerprint density at radius 2 is 1.57 bits per heavy atom. The topological polar surface area (TPSA) is 99.3 Å². The number of halogens is 1. The number of urea groups is 1. The number of amides is 4. The summed E-state index contributed by atoms with van der Waals surface area (Å²) in [5.41, 5.74) is 1.26. The molecule has 28 heavy (non-hydrogen) atoms. The van der Waals surface area contributed by atoms with Crippen LogP contribution in [0.5, 0.6) is 0 Å². The molecule has 4 N–H and O–H groups in total. The van der Waals surface area contributed by atoms with E-state index in [4.69, 9.17) is 0 Å². The molecule has 8 heteroatoms. The predicted molar refractivity (Wildman–Crippen MR) is 104 cm³/mol. The van der Waals surface area contributed by atoms with Gasteiger partial charge in [0.15, 0.2) is 0 Å². The monoisotopic (exact) mass is 384 g/mol. The van der Waals surface area contributed by atoms with E-state index in [0.717, 1.165) is 12.8 Å². The third-order valence-electron chi connectivity index (χ3n) is 4.15. The molecule has 2 aromatic rings. The molecule has 0 bridgehead atoms. The van der Waals surface area contributed by atoms with Crippen molar-refractivity contribution in [1.29, 1.82) is 0 Å². The van der Waals surface area contributed by atoms with Gasteiger partial charge in [-0.1, -0.05) is 6.07 Å². The lowest BCUT2D eigenvalue weighted by Gasteiger charge is -2.09. The SMILES string of the molecule is O=C(Nc1ccc(C(=O)NCCNC(=O)C2CC2)cc1)Nc1cccc(F)c1. The molecule has 1 aliphatic carbocycles. The number of rotatable bonds is 7. The highest BCUT2D eigenvalue weighted by atomic mass is 19.1. The largest absolute Gasteiger partial charge is 0.354 e. The van der Waals surface area contributed by atoms with E-state index in [-0.39, 0.29) is 17.7 Å². The molecule has 7 nitrogen and oxygen atoms in total. The van der Waals surface area contributed by atoms with Gasteiger partial charge in [0.2, 0.25) is 5.91 Å². The van der Waals surface area contributed by atoms with E-state index < -0.39 is 11.8 Å². The van der Waals surface area contributed by atoms with Crippen LogP contribution in [0.15, 0.2) is 48.5 Å². The number of anilines is 2. The van der Waals surface area contributed by atoms with Crippen LogP contribution >= 0.6 is 0 Å². The zero-order chi connectivity index (χ0) is 19.9. The molecule has 0 aromatic heterocycles. The molecule has 0 heterocycles. The summed E-state index contributed by atoms with van der Waals surface area (Å²) >= 11 is 0. The second-order valence-electron chi connectivity index (χ2n) is 6.49. The molecular weight excluding hydrogens is 363 g/mol. The first-order chi connectivity index (χ1) is 13.5. The Morgan fingerprint density at radius 1 is 0.893 bits per heavy atom. The summed E-state index contributed by atoms with van der Waals surface area (Å²) in [5, 5.41) is 10.6. The average molecular weight is 384 g/mol. The lowest BCUT2D eigenvalue weighted by Crippen LogP contribution is -2.35. The first-order valence-electron chi connectivity index (χ1n) is 9.01. The zero-order valence-corrected chi connectivity index (χ0v) is 15.1. The molecule has 0 aliphatic heterocycles. The van der Waals surface area contributed by atoms with Crippen LogP contribution in [0.3, 0.4) is 0 Å². The maximum Gasteiger partial charge on any atom is 0.323 e. The van der Waals surface area contributed by atoms with Crippen LogP contribution in [0.4, 0.5) is 20.6 Å². The Bertz CT molecular complexity index is 866. The minimum atomic E-state index is -0.519. The first kappa shape index (κ1) is 19.3. The van der Waals surface area contributed by atoms with Crippen molar-refractivity contribution in [1.82, 2.24) is 10.6 Å². The summed E-state index contributed by atoms with van der Waals surface area (Å²) in [6.45, 7) is 0.730. The van der Waals surface area contributed by atoms with E-state index >= 15 is 0 Å². The number of carbonyl (C=O) groups excluding carboxylic acids is 3. The first-order valence-corrected chi connectivity index (χ1v) is 9.01. The lowest BCUT2D eigenvalue weighted by atomic mass is 10.2. The smallest absolute Gasteiger partial charge is 0.323 e. The third kappa shape index (κ3) is 5.80. The van der Waals surface area contributed by atoms with Crippen LogP contribution in [0, 0.1) is 11.7 Å². The highest BCUT2D eigenvalue weighted by Gasteiger charge is 2.28. The molecule has 0 spiro atoms. The van der Waals surface area contributed by atoms with Gasteiger partial charge in [0.25, 0.3) is 5.91 Å². The van der Waals surface area contributed by atoms with Gasteiger partial charge >= 0.3 is 6.03 Å². The van der Waals surface area contributed by atoms with E-state index in [1.54, 1.807) is 30.3 Å². The number of benzene rings is 2. The summed E-state index contributed by atoms with van der Waals surface area (Å²) in [5.74, 6) is -0.522. The molecule has 146 valence electrons. The summed E-state index contributed by atoms with van der Waals surface area (Å²) < 4.78 is 13.1. The molecule has 1 aliphatic rings. The maximum absolute atomic E-state index is 13.1. The number of hydrogen-bond acceptors (Lipinski definition) is 3. The summed E-state index contributed by atoms with van der Waals surface area (Å²) in [4.78, 5) is 35.5. The minimum absolute atomic E-state index is 0.0428. The summed E-state index contributed by atoms with van der Waals surface area (Å²) in [6.07, 6.45) is 1.89. The van der Waals surface area contributed by atoms with Gasteiger partial charge in [0.05, 0.1) is 0 Å². The number of nitrogens with one attached hydrogen (secondary N) is 4. The highest BCUT2D eigenvalue weighted by Crippen LogP contribution is 2.28. The van der Waals surface area contributed by atoms with Crippen LogP contribution in [-0.4, -0.2) is 30.9 Å². The molecule has 3 rings (SSSR count). The van der Waals surface area contributed by atoms with Gasteiger partial charge in [-0.05, 0) is 55.3 Å². The van der Waals surface area contributed by atoms with E-state index in [0.29, 0.717) is 30.0 Å². The van der Waals surface area contributed by atoms with E-state index in [2.05, 4.69) is 21.3 Å². The number of carbonyl (C=O) groups is 3. The van der Waals surface area contributed by atoms with Crippen LogP contribution in [0.1, 0.15) is 23.2 Å². The summed E-state index contributed by atoms with van der Waals surface area (Å²) in [7, 11) is 0. The third-order valence-corrected chi connectivity index (χ3v) is 4.15. The van der Waals surface area contributed by atoms with Gasteiger partial charge in [-0.25, -0.2) is 9.18 Å². The lowest BCUT2D eigenvalue weighted by molar-refractivity contribution is -0.122. The van der Waals surface area contributed by atoms with E-state index in [1.807, 2.05) is 0 Å². The zero-order valence-electron chi connectivity index (χ0n) is 15.1.